The largest absolute Gasteiger partial charge is 0.504 e. The minimum atomic E-state index is -0.144. The van der Waals surface area contributed by atoms with Crippen LogP contribution in [0.15, 0.2) is 18.2 Å². The maximum atomic E-state index is 11.5. The molecule has 1 N–H and O–H groups in total. The fourth-order valence-corrected chi connectivity index (χ4v) is 3.70. The zero-order valence-electron chi connectivity index (χ0n) is 15.7. The number of esters is 1. The van der Waals surface area contributed by atoms with E-state index in [9.17, 15) is 9.90 Å². The Morgan fingerprint density at radius 3 is 2.72 bits per heavy atom. The van der Waals surface area contributed by atoms with Gasteiger partial charge in [0.2, 0.25) is 0 Å². The molecule has 0 aliphatic carbocycles. The van der Waals surface area contributed by atoms with Crippen LogP contribution < -0.4 is 4.74 Å². The van der Waals surface area contributed by atoms with E-state index in [4.69, 9.17) is 9.47 Å². The molecule has 1 aliphatic rings. The summed E-state index contributed by atoms with van der Waals surface area (Å²) in [6, 6.07) is 6.02. The number of hydrogen-bond donors (Lipinski definition) is 1. The number of piperidine rings is 1. The lowest BCUT2D eigenvalue weighted by atomic mass is 9.87. The summed E-state index contributed by atoms with van der Waals surface area (Å²) in [5.74, 6) is 0.945. The molecule has 0 amide bonds. The summed E-state index contributed by atoms with van der Waals surface area (Å²) in [6.07, 6.45) is 2.36. The molecule has 1 fully saturated rings. The average molecular weight is 350 g/mol. The van der Waals surface area contributed by atoms with Gasteiger partial charge >= 0.3 is 5.97 Å². The van der Waals surface area contributed by atoms with Gasteiger partial charge in [0.1, 0.15) is 0 Å². The summed E-state index contributed by atoms with van der Waals surface area (Å²) in [5, 5.41) is 9.96. The van der Waals surface area contributed by atoms with Gasteiger partial charge in [-0.05, 0) is 57.1 Å². The van der Waals surface area contributed by atoms with Crippen molar-refractivity contribution in [3.05, 3.63) is 23.8 Å². The highest BCUT2D eigenvalue weighted by Gasteiger charge is 2.31. The van der Waals surface area contributed by atoms with Gasteiger partial charge in [-0.15, -0.1) is 0 Å². The van der Waals surface area contributed by atoms with E-state index in [2.05, 4.69) is 23.9 Å². The van der Waals surface area contributed by atoms with Crippen molar-refractivity contribution in [3.8, 4) is 11.5 Å². The molecule has 140 valence electrons. The molecule has 25 heavy (non-hydrogen) atoms. The number of hydrogen-bond acceptors (Lipinski definition) is 6. The Labute approximate surface area is 150 Å². The molecule has 1 saturated heterocycles. The van der Waals surface area contributed by atoms with Gasteiger partial charge in [-0.1, -0.05) is 6.07 Å². The Bertz CT molecular complexity index is 577. The number of rotatable bonds is 7. The molecule has 0 radical (unpaired) electrons. The third kappa shape index (κ3) is 5.34. The van der Waals surface area contributed by atoms with E-state index >= 15 is 0 Å². The third-order valence-electron chi connectivity index (χ3n) is 5.04. The fraction of sp³-hybridized carbons (Fsp3) is 0.632. The first-order valence-corrected chi connectivity index (χ1v) is 8.76. The number of methoxy groups -OCH3 is 2. The number of phenols is 1. The van der Waals surface area contributed by atoms with E-state index < -0.39 is 0 Å². The summed E-state index contributed by atoms with van der Waals surface area (Å²) in [5.41, 5.74) is 1.06. The van der Waals surface area contributed by atoms with Crippen molar-refractivity contribution in [3.63, 3.8) is 0 Å². The monoisotopic (exact) mass is 350 g/mol. The minimum absolute atomic E-state index is 0.144. The second-order valence-electron chi connectivity index (χ2n) is 6.94. The number of nitrogens with zero attached hydrogens (tertiary/aromatic N) is 2. The summed E-state index contributed by atoms with van der Waals surface area (Å²) in [7, 11) is 7.20. The number of likely N-dealkylation sites (tertiary alicyclic amines) is 1. The van der Waals surface area contributed by atoms with Crippen molar-refractivity contribution in [1.82, 2.24) is 9.80 Å². The maximum absolute atomic E-state index is 11.5. The first-order chi connectivity index (χ1) is 11.9. The van der Waals surface area contributed by atoms with Crippen LogP contribution >= 0.6 is 0 Å². The van der Waals surface area contributed by atoms with Gasteiger partial charge in [-0.2, -0.15) is 0 Å². The number of aromatic hydroxyl groups is 1. The van der Waals surface area contributed by atoms with Gasteiger partial charge in [0.05, 0.1) is 14.2 Å². The minimum Gasteiger partial charge on any atom is -0.504 e. The Balaban J connectivity index is 2.00. The summed E-state index contributed by atoms with van der Waals surface area (Å²) in [4.78, 5) is 16.2. The lowest BCUT2D eigenvalue weighted by Crippen LogP contribution is -2.48. The molecule has 0 aromatic heterocycles. The van der Waals surface area contributed by atoms with Crippen molar-refractivity contribution < 1.29 is 19.4 Å². The predicted molar refractivity (Wildman–Crippen MR) is 96.8 cm³/mol. The molecule has 0 saturated carbocycles. The maximum Gasteiger partial charge on any atom is 0.305 e. The van der Waals surface area contributed by atoms with Crippen LogP contribution in [-0.4, -0.2) is 68.3 Å². The second kappa shape index (κ2) is 9.06. The van der Waals surface area contributed by atoms with Gasteiger partial charge in [0, 0.05) is 25.6 Å². The molecule has 1 heterocycles. The number of phenolic OH excluding ortho intramolecular Hbond substituents is 1. The van der Waals surface area contributed by atoms with Gasteiger partial charge in [0.25, 0.3) is 0 Å². The lowest BCUT2D eigenvalue weighted by molar-refractivity contribution is -0.141. The van der Waals surface area contributed by atoms with Crippen LogP contribution in [0.4, 0.5) is 0 Å². The van der Waals surface area contributed by atoms with Gasteiger partial charge in [-0.3, -0.25) is 9.69 Å². The molecule has 2 rings (SSSR count). The second-order valence-corrected chi connectivity index (χ2v) is 6.94. The first-order valence-electron chi connectivity index (χ1n) is 8.76. The van der Waals surface area contributed by atoms with Crippen molar-refractivity contribution in [1.29, 1.82) is 0 Å². The molecule has 1 aliphatic heterocycles. The molecular weight excluding hydrogens is 320 g/mol. The molecule has 6 nitrogen and oxygen atoms in total. The van der Waals surface area contributed by atoms with Gasteiger partial charge in [-0.25, -0.2) is 0 Å². The van der Waals surface area contributed by atoms with Gasteiger partial charge in [0.15, 0.2) is 11.5 Å². The van der Waals surface area contributed by atoms with Crippen LogP contribution in [0.1, 0.15) is 24.8 Å². The third-order valence-corrected chi connectivity index (χ3v) is 5.04. The highest BCUT2D eigenvalue weighted by molar-refractivity contribution is 5.69. The van der Waals surface area contributed by atoms with Crippen LogP contribution in [0.2, 0.25) is 0 Å². The fourth-order valence-electron chi connectivity index (χ4n) is 3.70. The van der Waals surface area contributed by atoms with E-state index in [-0.39, 0.29) is 11.7 Å². The van der Waals surface area contributed by atoms with Gasteiger partial charge < -0.3 is 19.5 Å². The van der Waals surface area contributed by atoms with Crippen molar-refractivity contribution in [2.45, 2.75) is 31.8 Å². The zero-order chi connectivity index (χ0) is 18.4. The molecule has 1 aromatic rings. The number of benzene rings is 1. The van der Waals surface area contributed by atoms with E-state index in [1.807, 2.05) is 6.07 Å². The quantitative estimate of drug-likeness (QED) is 0.760. The van der Waals surface area contributed by atoms with Crippen molar-refractivity contribution in [2.75, 3.05) is 41.4 Å². The first kappa shape index (κ1) is 19.5. The molecular formula is C19H30N2O4. The number of carbonyl (C=O) groups excluding carboxylic acids is 1. The SMILES string of the molecule is COC(=O)CC[C@H]1CN(Cc2ccc(OC)c(O)c2)CC[C@H]1N(C)C. The van der Waals surface area contributed by atoms with Crippen molar-refractivity contribution in [2.24, 2.45) is 5.92 Å². The van der Waals surface area contributed by atoms with E-state index in [1.54, 1.807) is 19.2 Å². The standard InChI is InChI=1S/C19H30N2O4/c1-20(2)16-9-10-21(13-15(16)6-8-19(23)25-4)12-14-5-7-18(24-3)17(22)11-14/h5,7,11,15-16,22H,6,8-10,12-13H2,1-4H3/t15-,16+/m0/s1. The summed E-state index contributed by atoms with van der Waals surface area (Å²) < 4.78 is 9.89. The predicted octanol–water partition coefficient (Wildman–Crippen LogP) is 2.11. The average Bonchev–Trinajstić information content (AvgIpc) is 2.59. The summed E-state index contributed by atoms with van der Waals surface area (Å²) >= 11 is 0. The number of carbonyl (C=O) groups is 1. The summed E-state index contributed by atoms with van der Waals surface area (Å²) in [6.45, 7) is 2.73. The zero-order valence-corrected chi connectivity index (χ0v) is 15.7. The van der Waals surface area contributed by atoms with E-state index in [0.29, 0.717) is 24.1 Å². The Morgan fingerprint density at radius 2 is 2.12 bits per heavy atom. The van der Waals surface area contributed by atoms with Crippen LogP contribution in [-0.2, 0) is 16.1 Å². The van der Waals surface area contributed by atoms with E-state index in [1.165, 1.54) is 7.11 Å². The van der Waals surface area contributed by atoms with Crippen LogP contribution in [0, 0.1) is 5.92 Å². The smallest absolute Gasteiger partial charge is 0.305 e. The van der Waals surface area contributed by atoms with Crippen LogP contribution in [0.3, 0.4) is 0 Å². The number of ether oxygens (including phenoxy) is 2. The van der Waals surface area contributed by atoms with Crippen LogP contribution in [0.25, 0.3) is 0 Å². The Morgan fingerprint density at radius 1 is 1.36 bits per heavy atom. The Hall–Kier alpha value is -1.79. The molecule has 0 unspecified atom stereocenters. The normalized spacial score (nSPS) is 21.3. The van der Waals surface area contributed by atoms with Crippen LogP contribution in [0.5, 0.6) is 11.5 Å². The molecule has 1 aromatic carbocycles. The Kier molecular flexibility index (Phi) is 7.08. The lowest BCUT2D eigenvalue weighted by Gasteiger charge is -2.41. The molecule has 2 atom stereocenters. The molecule has 0 bridgehead atoms. The molecule has 0 spiro atoms. The topological polar surface area (TPSA) is 62.2 Å². The van der Waals surface area contributed by atoms with Crippen molar-refractivity contribution >= 4 is 5.97 Å². The van der Waals surface area contributed by atoms with E-state index in [0.717, 1.165) is 38.0 Å². The highest BCUT2D eigenvalue weighted by Crippen LogP contribution is 2.29. The highest BCUT2D eigenvalue weighted by atomic mass is 16.5. The molecule has 6 heteroatoms.